The van der Waals surface area contributed by atoms with E-state index in [1.54, 1.807) is 7.11 Å². The van der Waals surface area contributed by atoms with Gasteiger partial charge in [-0.25, -0.2) is 6.57 Å². The quantitative estimate of drug-likeness (QED) is 0.804. The third-order valence-electron chi connectivity index (χ3n) is 5.53. The van der Waals surface area contributed by atoms with E-state index in [0.29, 0.717) is 56.9 Å². The lowest BCUT2D eigenvalue weighted by molar-refractivity contribution is -0.146. The van der Waals surface area contributed by atoms with Crippen LogP contribution < -0.4 is 9.47 Å². The topological polar surface area (TPSA) is 63.4 Å². The minimum absolute atomic E-state index is 0.528. The number of nitrogens with zero attached hydrogens (tertiary/aromatic N) is 2. The molecule has 2 fully saturated rings. The molecule has 25 heavy (non-hydrogen) atoms. The molecule has 3 rings (SSSR count). The van der Waals surface area contributed by atoms with Crippen molar-refractivity contribution in [3.63, 3.8) is 0 Å². The normalized spacial score (nSPS) is 21.2. The van der Waals surface area contributed by atoms with Crippen molar-refractivity contribution in [3.8, 4) is 11.5 Å². The predicted octanol–water partition coefficient (Wildman–Crippen LogP) is 2.92. The van der Waals surface area contributed by atoms with E-state index in [-0.39, 0.29) is 0 Å². The first-order chi connectivity index (χ1) is 12.0. The number of piperidine rings is 1. The number of likely N-dealkylation sites (tertiary alicyclic amines) is 1. The van der Waals surface area contributed by atoms with Gasteiger partial charge in [0.2, 0.25) is 0 Å². The van der Waals surface area contributed by atoms with Crippen molar-refractivity contribution in [1.29, 1.82) is 0 Å². The molecule has 134 valence electrons. The molecule has 2 aliphatic rings. The number of carboxylic acids is 1. The fourth-order valence-electron chi connectivity index (χ4n) is 3.79. The number of rotatable bonds is 6. The molecule has 1 aromatic carbocycles. The van der Waals surface area contributed by atoms with Crippen LogP contribution in [0.2, 0.25) is 0 Å². The molecule has 6 heteroatoms. The summed E-state index contributed by atoms with van der Waals surface area (Å²) in [7, 11) is 1.60. The number of methoxy groups -OCH3 is 1. The third-order valence-corrected chi connectivity index (χ3v) is 5.53. The van der Waals surface area contributed by atoms with Gasteiger partial charge in [0, 0.05) is 31.5 Å². The van der Waals surface area contributed by atoms with Crippen molar-refractivity contribution < 1.29 is 19.4 Å². The van der Waals surface area contributed by atoms with Crippen molar-refractivity contribution in [2.75, 3.05) is 26.8 Å². The summed E-state index contributed by atoms with van der Waals surface area (Å²) in [5.41, 5.74) is -0.375. The molecule has 0 amide bonds. The average molecular weight is 344 g/mol. The molecule has 1 aliphatic carbocycles. The Morgan fingerprint density at radius 1 is 1.28 bits per heavy atom. The van der Waals surface area contributed by atoms with Crippen molar-refractivity contribution in [1.82, 2.24) is 4.90 Å². The van der Waals surface area contributed by atoms with E-state index in [1.165, 1.54) is 0 Å². The number of carbonyl (C=O) groups is 1. The van der Waals surface area contributed by atoms with E-state index < -0.39 is 17.0 Å². The molecule has 0 bridgehead atoms. The van der Waals surface area contributed by atoms with Gasteiger partial charge in [0.15, 0.2) is 11.5 Å². The van der Waals surface area contributed by atoms with Crippen molar-refractivity contribution in [2.45, 2.75) is 43.7 Å². The summed E-state index contributed by atoms with van der Waals surface area (Å²) in [4.78, 5) is 17.6. The maximum absolute atomic E-state index is 11.5. The van der Waals surface area contributed by atoms with Crippen LogP contribution >= 0.6 is 0 Å². The zero-order valence-corrected chi connectivity index (χ0v) is 14.7. The first kappa shape index (κ1) is 17.6. The molecule has 0 spiro atoms. The summed E-state index contributed by atoms with van der Waals surface area (Å²) in [5, 5.41) is 9.48. The van der Waals surface area contributed by atoms with E-state index in [1.807, 2.05) is 30.0 Å². The standard InChI is InChI=1S/C19H24N2O4/c1-4-25-16-13-14(5-6-15(16)24-3)18(20-2)9-11-21(12-10-18)19(7-8-19)17(22)23/h5-6,13H,4,7-12H2,1,3H3,(H,22,23). The van der Waals surface area contributed by atoms with E-state index in [9.17, 15) is 9.90 Å². The Labute approximate surface area is 148 Å². The number of carboxylic acid groups (broad SMARTS) is 1. The van der Waals surface area contributed by atoms with Gasteiger partial charge in [-0.15, -0.1) is 0 Å². The summed E-state index contributed by atoms with van der Waals surface area (Å²) in [6, 6.07) is 5.68. The van der Waals surface area contributed by atoms with Crippen LogP contribution in [0.15, 0.2) is 18.2 Å². The molecule has 1 heterocycles. The SMILES string of the molecule is [C-]#[N+]C1(c2ccc(OC)c(OCC)c2)CCN(C2(C(=O)O)CC2)CC1. The van der Waals surface area contributed by atoms with Gasteiger partial charge in [0.25, 0.3) is 5.54 Å². The van der Waals surface area contributed by atoms with E-state index in [0.717, 1.165) is 5.56 Å². The van der Waals surface area contributed by atoms with Gasteiger partial charge in [-0.1, -0.05) is 0 Å². The molecule has 1 saturated carbocycles. The number of hydrogen-bond acceptors (Lipinski definition) is 4. The Bertz CT molecular complexity index is 698. The van der Waals surface area contributed by atoms with Gasteiger partial charge in [-0.2, -0.15) is 0 Å². The Kier molecular flexibility index (Phi) is 4.61. The lowest BCUT2D eigenvalue weighted by atomic mass is 9.81. The van der Waals surface area contributed by atoms with Gasteiger partial charge >= 0.3 is 5.97 Å². The van der Waals surface area contributed by atoms with Crippen LogP contribution in [0.25, 0.3) is 4.85 Å². The second-order valence-electron chi connectivity index (χ2n) is 6.77. The highest BCUT2D eigenvalue weighted by Gasteiger charge is 2.57. The van der Waals surface area contributed by atoms with E-state index in [2.05, 4.69) is 4.85 Å². The van der Waals surface area contributed by atoms with Crippen LogP contribution in [0.3, 0.4) is 0 Å². The molecule has 0 radical (unpaired) electrons. The molecule has 0 atom stereocenters. The maximum Gasteiger partial charge on any atom is 0.324 e. The van der Waals surface area contributed by atoms with Crippen LogP contribution in [0.4, 0.5) is 0 Å². The summed E-state index contributed by atoms with van der Waals surface area (Å²) in [6.45, 7) is 11.5. The van der Waals surface area contributed by atoms with Gasteiger partial charge in [0.05, 0.1) is 13.7 Å². The minimum atomic E-state index is -0.731. The Balaban J connectivity index is 1.83. The highest BCUT2D eigenvalue weighted by atomic mass is 16.5. The number of hydrogen-bond donors (Lipinski definition) is 1. The minimum Gasteiger partial charge on any atom is -0.493 e. The molecule has 1 N–H and O–H groups in total. The monoisotopic (exact) mass is 344 g/mol. The maximum atomic E-state index is 11.5. The molecule has 1 aromatic rings. The Morgan fingerprint density at radius 3 is 2.44 bits per heavy atom. The van der Waals surface area contributed by atoms with Crippen molar-refractivity contribution >= 4 is 5.97 Å². The van der Waals surface area contributed by atoms with Crippen LogP contribution in [0.1, 0.15) is 38.2 Å². The molecule has 6 nitrogen and oxygen atoms in total. The largest absolute Gasteiger partial charge is 0.493 e. The smallest absolute Gasteiger partial charge is 0.324 e. The zero-order chi connectivity index (χ0) is 18.1. The van der Waals surface area contributed by atoms with Gasteiger partial charge < -0.3 is 19.4 Å². The highest BCUT2D eigenvalue weighted by Crippen LogP contribution is 2.47. The fraction of sp³-hybridized carbons (Fsp3) is 0.579. The first-order valence-electron chi connectivity index (χ1n) is 8.70. The number of aliphatic carboxylic acids is 1. The lowest BCUT2D eigenvalue weighted by Crippen LogP contribution is -2.50. The second kappa shape index (κ2) is 6.57. The van der Waals surface area contributed by atoms with E-state index >= 15 is 0 Å². The van der Waals surface area contributed by atoms with Crippen LogP contribution in [0.5, 0.6) is 11.5 Å². The summed E-state index contributed by atoms with van der Waals surface area (Å²) >= 11 is 0. The van der Waals surface area contributed by atoms with Gasteiger partial charge in [-0.05, 0) is 38.0 Å². The molecular weight excluding hydrogens is 320 g/mol. The van der Waals surface area contributed by atoms with Crippen LogP contribution in [0, 0.1) is 6.57 Å². The summed E-state index contributed by atoms with van der Waals surface area (Å²) in [6.07, 6.45) is 2.68. The van der Waals surface area contributed by atoms with Crippen LogP contribution in [-0.4, -0.2) is 48.3 Å². The zero-order valence-electron chi connectivity index (χ0n) is 14.7. The molecule has 0 unspecified atom stereocenters. The average Bonchev–Trinajstić information content (AvgIpc) is 3.44. The molecule has 1 aliphatic heterocycles. The van der Waals surface area contributed by atoms with Gasteiger partial charge in [-0.3, -0.25) is 9.69 Å². The van der Waals surface area contributed by atoms with Gasteiger partial charge in [0.1, 0.15) is 5.54 Å². The van der Waals surface area contributed by atoms with Crippen molar-refractivity contribution in [3.05, 3.63) is 35.2 Å². The lowest BCUT2D eigenvalue weighted by Gasteiger charge is -2.37. The van der Waals surface area contributed by atoms with E-state index in [4.69, 9.17) is 16.0 Å². The Hall–Kier alpha value is -2.26. The second-order valence-corrected chi connectivity index (χ2v) is 6.77. The summed E-state index contributed by atoms with van der Waals surface area (Å²) in [5.74, 6) is 0.578. The third kappa shape index (κ3) is 2.93. The number of ether oxygens (including phenoxy) is 2. The molecule has 1 saturated heterocycles. The highest BCUT2D eigenvalue weighted by molar-refractivity contribution is 5.82. The molecule has 0 aromatic heterocycles. The van der Waals surface area contributed by atoms with Crippen LogP contribution in [-0.2, 0) is 10.3 Å². The first-order valence-corrected chi connectivity index (χ1v) is 8.70. The number of benzene rings is 1. The molecular formula is C19H24N2O4. The summed E-state index contributed by atoms with van der Waals surface area (Å²) < 4.78 is 11.0. The predicted molar refractivity (Wildman–Crippen MR) is 92.9 cm³/mol. The fourth-order valence-corrected chi connectivity index (χ4v) is 3.79. The Morgan fingerprint density at radius 2 is 1.96 bits per heavy atom. The van der Waals surface area contributed by atoms with Crippen molar-refractivity contribution in [2.24, 2.45) is 0 Å².